The highest BCUT2D eigenvalue weighted by Crippen LogP contribution is 2.08. The van der Waals surface area contributed by atoms with E-state index in [0.717, 1.165) is 19.4 Å². The third-order valence-corrected chi connectivity index (χ3v) is 2.99. The maximum absolute atomic E-state index is 6.04. The van der Waals surface area contributed by atoms with Crippen LogP contribution in [0.3, 0.4) is 0 Å². The number of unbranched alkanes of at least 4 members (excludes halogenated alkanes) is 3. The number of nitrogens with one attached hydrogen (secondary N) is 1. The summed E-state index contributed by atoms with van der Waals surface area (Å²) < 4.78 is 0. The van der Waals surface area contributed by atoms with Gasteiger partial charge in [0.15, 0.2) is 0 Å². The van der Waals surface area contributed by atoms with Crippen LogP contribution >= 0.6 is 49.6 Å². The van der Waals surface area contributed by atoms with Gasteiger partial charge in [-0.2, -0.15) is 0 Å². The third-order valence-electron chi connectivity index (χ3n) is 2.99. The fourth-order valence-corrected chi connectivity index (χ4v) is 1.66. The maximum atomic E-state index is 6.04. The molecule has 0 aromatic carbocycles. The first kappa shape index (κ1) is 32.1. The summed E-state index contributed by atoms with van der Waals surface area (Å²) in [5.74, 6) is 0. The molecule has 0 aliphatic rings. The molecule has 0 rings (SSSR count). The van der Waals surface area contributed by atoms with Gasteiger partial charge >= 0.3 is 0 Å². The molecule has 2 atom stereocenters. The zero-order valence-corrected chi connectivity index (χ0v) is 15.4. The van der Waals surface area contributed by atoms with E-state index in [1.165, 1.54) is 32.1 Å². The molecule has 5 N–H and O–H groups in total. The molecular weight excluding hydrogens is 328 g/mol. The van der Waals surface area contributed by atoms with Gasteiger partial charge in [0.05, 0.1) is 0 Å². The van der Waals surface area contributed by atoms with Gasteiger partial charge in [0.1, 0.15) is 0 Å². The van der Waals surface area contributed by atoms with Crippen LogP contribution in [0.5, 0.6) is 0 Å². The lowest BCUT2D eigenvalue weighted by atomic mass is 10.0. The summed E-state index contributed by atoms with van der Waals surface area (Å²) in [6.07, 6.45) is 8.45. The van der Waals surface area contributed by atoms with Crippen molar-refractivity contribution in [3.05, 3.63) is 0 Å². The SMILES string of the molecule is CNC(C)CCC(N)CCCCCCN.Cl.Cl.Cl.Cl. The van der Waals surface area contributed by atoms with Crippen molar-refractivity contribution in [1.82, 2.24) is 5.32 Å². The number of halogens is 4. The number of nitrogens with two attached hydrogens (primary N) is 2. The Labute approximate surface area is 144 Å². The van der Waals surface area contributed by atoms with E-state index in [9.17, 15) is 0 Å². The van der Waals surface area contributed by atoms with Crippen molar-refractivity contribution in [3.63, 3.8) is 0 Å². The van der Waals surface area contributed by atoms with Crippen molar-refractivity contribution >= 4 is 49.6 Å². The molecule has 19 heavy (non-hydrogen) atoms. The lowest BCUT2D eigenvalue weighted by Gasteiger charge is -2.14. The van der Waals surface area contributed by atoms with Crippen molar-refractivity contribution < 1.29 is 0 Å². The molecule has 3 nitrogen and oxygen atoms in total. The first-order valence-electron chi connectivity index (χ1n) is 6.33. The summed E-state index contributed by atoms with van der Waals surface area (Å²) in [6.45, 7) is 3.03. The largest absolute Gasteiger partial charge is 0.330 e. The minimum Gasteiger partial charge on any atom is -0.330 e. The van der Waals surface area contributed by atoms with Crippen LogP contribution in [0.4, 0.5) is 0 Å². The van der Waals surface area contributed by atoms with E-state index < -0.39 is 0 Å². The molecule has 0 aromatic rings. The second-order valence-corrected chi connectivity index (χ2v) is 4.52. The predicted octanol–water partition coefficient (Wildman–Crippen LogP) is 3.30. The number of hydrogen-bond acceptors (Lipinski definition) is 3. The minimum absolute atomic E-state index is 0. The van der Waals surface area contributed by atoms with E-state index >= 15 is 0 Å². The third kappa shape index (κ3) is 24.4. The topological polar surface area (TPSA) is 64.1 Å². The molecule has 0 radical (unpaired) electrons. The van der Waals surface area contributed by atoms with E-state index in [4.69, 9.17) is 11.5 Å². The summed E-state index contributed by atoms with van der Waals surface area (Å²) in [6, 6.07) is 0.979. The fourth-order valence-electron chi connectivity index (χ4n) is 1.66. The van der Waals surface area contributed by atoms with Crippen molar-refractivity contribution in [2.24, 2.45) is 11.5 Å². The molecule has 0 fully saturated rings. The van der Waals surface area contributed by atoms with E-state index in [1.54, 1.807) is 0 Å². The molecule has 0 heterocycles. The van der Waals surface area contributed by atoms with Gasteiger partial charge in [0, 0.05) is 12.1 Å². The van der Waals surface area contributed by atoms with Crippen LogP contribution in [0.2, 0.25) is 0 Å². The average Bonchev–Trinajstić information content (AvgIpc) is 2.25. The van der Waals surface area contributed by atoms with Crippen molar-refractivity contribution in [2.45, 2.75) is 64.0 Å². The molecule has 0 saturated heterocycles. The van der Waals surface area contributed by atoms with E-state index in [0.29, 0.717) is 12.1 Å². The van der Waals surface area contributed by atoms with Gasteiger partial charge < -0.3 is 16.8 Å². The Morgan fingerprint density at radius 3 is 1.84 bits per heavy atom. The Morgan fingerprint density at radius 1 is 0.842 bits per heavy atom. The Bertz CT molecular complexity index is 142. The van der Waals surface area contributed by atoms with Crippen LogP contribution in [0.1, 0.15) is 51.9 Å². The maximum Gasteiger partial charge on any atom is 0.00394 e. The van der Waals surface area contributed by atoms with Crippen LogP contribution in [0.25, 0.3) is 0 Å². The molecule has 0 spiro atoms. The first-order chi connectivity index (χ1) is 7.20. The standard InChI is InChI=1S/C12H29N3.4ClH/c1-11(15-2)8-9-12(14)7-5-3-4-6-10-13;;;;/h11-12,15H,3-10,13-14H2,1-2H3;4*1H. The summed E-state index contributed by atoms with van der Waals surface area (Å²) in [5, 5.41) is 3.23. The van der Waals surface area contributed by atoms with Crippen LogP contribution in [-0.2, 0) is 0 Å². The fraction of sp³-hybridized carbons (Fsp3) is 1.00. The molecule has 0 saturated carbocycles. The molecule has 0 aliphatic carbocycles. The monoisotopic (exact) mass is 359 g/mol. The van der Waals surface area contributed by atoms with Crippen LogP contribution < -0.4 is 16.8 Å². The Morgan fingerprint density at radius 2 is 1.37 bits per heavy atom. The summed E-state index contributed by atoms with van der Waals surface area (Å²) in [5.41, 5.74) is 11.5. The summed E-state index contributed by atoms with van der Waals surface area (Å²) in [4.78, 5) is 0. The van der Waals surface area contributed by atoms with Crippen LogP contribution in [0, 0.1) is 0 Å². The van der Waals surface area contributed by atoms with Gasteiger partial charge in [-0.15, -0.1) is 49.6 Å². The molecule has 7 heteroatoms. The highest BCUT2D eigenvalue weighted by Gasteiger charge is 2.04. The lowest BCUT2D eigenvalue weighted by molar-refractivity contribution is 0.461. The van der Waals surface area contributed by atoms with Crippen LogP contribution in [0.15, 0.2) is 0 Å². The number of rotatable bonds is 10. The lowest BCUT2D eigenvalue weighted by Crippen LogP contribution is -2.26. The van der Waals surface area contributed by atoms with Crippen molar-refractivity contribution in [2.75, 3.05) is 13.6 Å². The highest BCUT2D eigenvalue weighted by atomic mass is 35.5. The molecular formula is C12H33Cl4N3. The van der Waals surface area contributed by atoms with Gasteiger partial charge in [-0.3, -0.25) is 0 Å². The van der Waals surface area contributed by atoms with Gasteiger partial charge in [0.25, 0.3) is 0 Å². The molecule has 0 amide bonds. The van der Waals surface area contributed by atoms with Gasteiger partial charge in [-0.25, -0.2) is 0 Å². The summed E-state index contributed by atoms with van der Waals surface area (Å²) in [7, 11) is 2.00. The molecule has 0 bridgehead atoms. The van der Waals surface area contributed by atoms with Gasteiger partial charge in [-0.05, 0) is 46.2 Å². The van der Waals surface area contributed by atoms with Crippen molar-refractivity contribution in [1.29, 1.82) is 0 Å². The normalized spacial score (nSPS) is 12.0. The first-order valence-corrected chi connectivity index (χ1v) is 6.33. The van der Waals surface area contributed by atoms with E-state index in [1.807, 2.05) is 7.05 Å². The zero-order chi connectivity index (χ0) is 11.5. The average molecular weight is 361 g/mol. The Hall–Kier alpha value is 1.04. The summed E-state index contributed by atoms with van der Waals surface area (Å²) >= 11 is 0. The van der Waals surface area contributed by atoms with Crippen LogP contribution in [-0.4, -0.2) is 25.7 Å². The quantitative estimate of drug-likeness (QED) is 0.523. The zero-order valence-electron chi connectivity index (χ0n) is 12.1. The Kier molecular flexibility index (Phi) is 40.7. The molecule has 0 aliphatic heterocycles. The minimum atomic E-state index is 0. The predicted molar refractivity (Wildman–Crippen MR) is 96.9 cm³/mol. The van der Waals surface area contributed by atoms with Gasteiger partial charge in [-0.1, -0.05) is 19.3 Å². The Balaban J connectivity index is -0.000000163. The molecule has 0 aromatic heterocycles. The highest BCUT2D eigenvalue weighted by molar-refractivity contribution is 5.86. The van der Waals surface area contributed by atoms with E-state index in [-0.39, 0.29) is 49.6 Å². The van der Waals surface area contributed by atoms with Gasteiger partial charge in [0.2, 0.25) is 0 Å². The molecule has 124 valence electrons. The second kappa shape index (κ2) is 24.1. The smallest absolute Gasteiger partial charge is 0.00394 e. The molecule has 2 unspecified atom stereocenters. The van der Waals surface area contributed by atoms with Crippen molar-refractivity contribution in [3.8, 4) is 0 Å². The second-order valence-electron chi connectivity index (χ2n) is 4.52. The van der Waals surface area contributed by atoms with E-state index in [2.05, 4.69) is 12.2 Å². The number of hydrogen-bond donors (Lipinski definition) is 3.